The van der Waals surface area contributed by atoms with Gasteiger partial charge in [-0.25, -0.2) is 0 Å². The quantitative estimate of drug-likeness (QED) is 0.425. The van der Waals surface area contributed by atoms with Crippen LogP contribution in [0.2, 0.25) is 0 Å². The Morgan fingerprint density at radius 2 is 2.00 bits per heavy atom. The van der Waals surface area contributed by atoms with Gasteiger partial charge >= 0.3 is 0 Å². The number of amidine groups is 1. The predicted molar refractivity (Wildman–Crippen MR) is 111 cm³/mol. The molecule has 3 aromatic rings. The van der Waals surface area contributed by atoms with Gasteiger partial charge in [0, 0.05) is 21.8 Å². The maximum absolute atomic E-state index is 12.3. The molecule has 0 saturated heterocycles. The minimum absolute atomic E-state index is 0.0430. The number of thioether (sulfide) groups is 1. The molecule has 28 heavy (non-hydrogen) atoms. The Morgan fingerprint density at radius 3 is 2.79 bits per heavy atom. The van der Waals surface area contributed by atoms with Crippen LogP contribution in [0.5, 0.6) is 5.88 Å². The number of ketones is 1. The number of amides is 1. The summed E-state index contributed by atoms with van der Waals surface area (Å²) in [5.74, 6) is -0.657. The fourth-order valence-corrected chi connectivity index (χ4v) is 4.02. The number of carbonyl (C=O) groups excluding carboxylic acids is 2. The van der Waals surface area contributed by atoms with Crippen LogP contribution in [0, 0.1) is 0 Å². The number of hydrogen-bond acceptors (Lipinski definition) is 6. The van der Waals surface area contributed by atoms with Crippen LogP contribution in [0.1, 0.15) is 16.8 Å². The zero-order valence-corrected chi connectivity index (χ0v) is 16.7. The molecular formula is C19H13BrN4O3S. The highest BCUT2D eigenvalue weighted by Crippen LogP contribution is 2.37. The molecule has 0 unspecified atom stereocenters. The first-order valence-corrected chi connectivity index (χ1v) is 9.98. The Balaban J connectivity index is 1.49. The van der Waals surface area contributed by atoms with Crippen molar-refractivity contribution in [3.8, 4) is 5.88 Å². The van der Waals surface area contributed by atoms with Gasteiger partial charge in [0.15, 0.2) is 11.5 Å². The molecule has 2 heterocycles. The minimum Gasteiger partial charge on any atom is -0.493 e. The summed E-state index contributed by atoms with van der Waals surface area (Å²) in [6, 6.07) is 14.2. The van der Waals surface area contributed by atoms with Crippen LogP contribution in [0.3, 0.4) is 0 Å². The predicted octanol–water partition coefficient (Wildman–Crippen LogP) is 4.99. The summed E-state index contributed by atoms with van der Waals surface area (Å²) in [6.07, 6.45) is 0.0430. The van der Waals surface area contributed by atoms with Crippen molar-refractivity contribution < 1.29 is 14.7 Å². The van der Waals surface area contributed by atoms with Gasteiger partial charge in [-0.2, -0.15) is 4.99 Å². The third-order valence-corrected chi connectivity index (χ3v) is 5.67. The van der Waals surface area contributed by atoms with Crippen molar-refractivity contribution in [1.29, 1.82) is 0 Å². The van der Waals surface area contributed by atoms with Crippen molar-refractivity contribution in [2.45, 2.75) is 11.7 Å². The first kappa shape index (κ1) is 18.6. The number of nitrogens with zero attached hydrogens (tertiary/aromatic N) is 3. The molecule has 1 aromatic heterocycles. The number of aromatic nitrogens is 1. The van der Waals surface area contributed by atoms with E-state index in [2.05, 4.69) is 36.1 Å². The van der Waals surface area contributed by atoms with E-state index in [0.717, 1.165) is 16.2 Å². The molecule has 1 aliphatic heterocycles. The molecule has 0 saturated carbocycles. The van der Waals surface area contributed by atoms with Gasteiger partial charge in [0.05, 0.1) is 5.52 Å². The lowest BCUT2D eigenvalue weighted by molar-refractivity contribution is -0.117. The average Bonchev–Trinajstić information content (AvgIpc) is 3.19. The Morgan fingerprint density at radius 1 is 1.21 bits per heavy atom. The number of aromatic amines is 1. The number of aliphatic imine (C=N–C) groups is 1. The minimum atomic E-state index is -0.618. The van der Waals surface area contributed by atoms with Gasteiger partial charge in [-0.05, 0) is 18.2 Å². The molecule has 4 rings (SSSR count). The van der Waals surface area contributed by atoms with E-state index in [1.807, 2.05) is 12.1 Å². The molecule has 2 aromatic carbocycles. The van der Waals surface area contributed by atoms with E-state index < -0.39 is 11.2 Å². The average molecular weight is 457 g/mol. The van der Waals surface area contributed by atoms with Gasteiger partial charge in [0.25, 0.3) is 5.91 Å². The van der Waals surface area contributed by atoms with Crippen molar-refractivity contribution >= 4 is 61.1 Å². The number of rotatable bonds is 4. The first-order chi connectivity index (χ1) is 13.5. The summed E-state index contributed by atoms with van der Waals surface area (Å²) in [4.78, 5) is 31.1. The molecular weight excluding hydrogens is 444 g/mol. The van der Waals surface area contributed by atoms with Crippen molar-refractivity contribution in [2.24, 2.45) is 15.2 Å². The third-order valence-electron chi connectivity index (χ3n) is 4.15. The van der Waals surface area contributed by atoms with Crippen LogP contribution in [-0.4, -0.2) is 32.2 Å². The van der Waals surface area contributed by atoms with E-state index in [1.165, 1.54) is 0 Å². The number of benzene rings is 2. The number of halogens is 1. The monoisotopic (exact) mass is 456 g/mol. The molecule has 1 aliphatic rings. The maximum Gasteiger partial charge on any atom is 0.262 e. The summed E-state index contributed by atoms with van der Waals surface area (Å²) < 4.78 is 0.831. The number of H-pyrrole nitrogens is 1. The van der Waals surface area contributed by atoms with E-state index in [9.17, 15) is 14.7 Å². The van der Waals surface area contributed by atoms with E-state index in [1.54, 1.807) is 36.4 Å². The number of Topliss-reactive ketones (excluding diaryl/α,β-unsaturated/α-hetero) is 1. The zero-order valence-electron chi connectivity index (χ0n) is 14.3. The second-order valence-electron chi connectivity index (χ2n) is 6.04. The second kappa shape index (κ2) is 7.69. The highest BCUT2D eigenvalue weighted by atomic mass is 79.9. The van der Waals surface area contributed by atoms with Crippen LogP contribution in [0.4, 0.5) is 5.69 Å². The van der Waals surface area contributed by atoms with Gasteiger partial charge in [-0.1, -0.05) is 58.0 Å². The van der Waals surface area contributed by atoms with E-state index >= 15 is 0 Å². The Kier molecular flexibility index (Phi) is 5.10. The summed E-state index contributed by atoms with van der Waals surface area (Å²) in [5.41, 5.74) is 1.52. The Hall–Kier alpha value is -2.78. The standard InChI is InChI=1S/C19H13BrN4O3S/c20-11-6-7-13-12(8-11)16(18(27)21-13)23-24-19-22-17(26)15(28-19)9-14(25)10-4-2-1-3-5-10/h1-8,15,21,27H,9H2/t15-/m0/s1. The number of azo groups is 1. The zero-order chi connectivity index (χ0) is 19.7. The molecule has 2 N–H and O–H groups in total. The third kappa shape index (κ3) is 3.76. The summed E-state index contributed by atoms with van der Waals surface area (Å²) in [6.45, 7) is 0. The van der Waals surface area contributed by atoms with E-state index in [4.69, 9.17) is 0 Å². The number of nitrogens with one attached hydrogen (secondary N) is 1. The molecule has 140 valence electrons. The van der Waals surface area contributed by atoms with Gasteiger partial charge in [0.1, 0.15) is 5.25 Å². The lowest BCUT2D eigenvalue weighted by Crippen LogP contribution is -2.16. The smallest absolute Gasteiger partial charge is 0.262 e. The van der Waals surface area contributed by atoms with Gasteiger partial charge in [-0.3, -0.25) is 9.59 Å². The van der Waals surface area contributed by atoms with E-state index in [0.29, 0.717) is 16.5 Å². The number of fused-ring (bicyclic) bond motifs is 1. The lowest BCUT2D eigenvalue weighted by Gasteiger charge is -2.04. The molecule has 0 spiro atoms. The molecule has 1 amide bonds. The fraction of sp³-hybridized carbons (Fsp3) is 0.105. The number of hydrogen-bond donors (Lipinski definition) is 2. The van der Waals surface area contributed by atoms with Gasteiger partial charge < -0.3 is 10.1 Å². The first-order valence-electron chi connectivity index (χ1n) is 8.30. The van der Waals surface area contributed by atoms with Crippen LogP contribution in [0.15, 0.2) is 68.2 Å². The van der Waals surface area contributed by atoms with Crippen LogP contribution >= 0.6 is 27.7 Å². The second-order valence-corrected chi connectivity index (χ2v) is 8.13. The number of carbonyl (C=O) groups is 2. The lowest BCUT2D eigenvalue weighted by atomic mass is 10.1. The SMILES string of the molecule is O=C(C[C@@H]1SC(N=Nc2c(O)[nH]c3ccc(Br)cc23)=NC1=O)c1ccccc1. The topological polar surface area (TPSA) is 107 Å². The van der Waals surface area contributed by atoms with Crippen molar-refractivity contribution in [3.63, 3.8) is 0 Å². The van der Waals surface area contributed by atoms with Gasteiger partial charge in [0.2, 0.25) is 11.0 Å². The molecule has 0 aliphatic carbocycles. The highest BCUT2D eigenvalue weighted by Gasteiger charge is 2.31. The summed E-state index contributed by atoms with van der Waals surface area (Å²) in [7, 11) is 0. The van der Waals surface area contributed by atoms with E-state index in [-0.39, 0.29) is 28.9 Å². The molecule has 9 heteroatoms. The molecule has 1 atom stereocenters. The molecule has 0 bridgehead atoms. The van der Waals surface area contributed by atoms with Crippen molar-refractivity contribution in [1.82, 2.24) is 4.98 Å². The van der Waals surface area contributed by atoms with Crippen molar-refractivity contribution in [3.05, 3.63) is 58.6 Å². The van der Waals surface area contributed by atoms with Crippen LogP contribution in [-0.2, 0) is 4.79 Å². The fourth-order valence-electron chi connectivity index (χ4n) is 2.79. The molecule has 0 radical (unpaired) electrons. The summed E-state index contributed by atoms with van der Waals surface area (Å²) >= 11 is 4.47. The summed E-state index contributed by atoms with van der Waals surface area (Å²) in [5, 5.41) is 18.4. The molecule has 7 nitrogen and oxygen atoms in total. The van der Waals surface area contributed by atoms with Gasteiger partial charge in [-0.15, -0.1) is 10.2 Å². The highest BCUT2D eigenvalue weighted by molar-refractivity contribution is 9.10. The Bertz CT molecular complexity index is 1140. The maximum atomic E-state index is 12.3. The van der Waals surface area contributed by atoms with Crippen LogP contribution in [0.25, 0.3) is 10.9 Å². The normalized spacial score (nSPS) is 16.8. The van der Waals surface area contributed by atoms with Crippen LogP contribution < -0.4 is 0 Å². The largest absolute Gasteiger partial charge is 0.493 e. The number of aromatic hydroxyl groups is 1. The van der Waals surface area contributed by atoms with Crippen molar-refractivity contribution in [2.75, 3.05) is 0 Å². The Labute approximate surface area is 172 Å². The molecule has 0 fully saturated rings.